The molecule has 0 saturated heterocycles. The molecule has 0 radical (unpaired) electrons. The molecule has 0 atom stereocenters. The Hall–Kier alpha value is -3.71. The summed E-state index contributed by atoms with van der Waals surface area (Å²) in [6.07, 6.45) is 1.07. The molecule has 1 heterocycles. The Morgan fingerprint density at radius 3 is 2.44 bits per heavy atom. The smallest absolute Gasteiger partial charge is 0.232 e. The summed E-state index contributed by atoms with van der Waals surface area (Å²) in [5, 5.41) is 11.8. The van der Waals surface area contributed by atoms with Crippen LogP contribution in [-0.2, 0) is 10.0 Å². The number of benzene rings is 2. The normalized spacial score (nSPS) is 10.8. The third-order valence-corrected chi connectivity index (χ3v) is 3.95. The van der Waals surface area contributed by atoms with Gasteiger partial charge in [-0.1, -0.05) is 12.1 Å². The number of sulfonamides is 1. The van der Waals surface area contributed by atoms with E-state index >= 15 is 0 Å². The molecule has 0 aliphatic carbocycles. The fraction of sp³-hybridized carbons (Fsp3) is 0.0588. The second kappa shape index (κ2) is 7.27. The van der Waals surface area contributed by atoms with Gasteiger partial charge in [0.15, 0.2) is 5.82 Å². The first-order valence-electron chi connectivity index (χ1n) is 7.69. The molecular formula is C17H15N7O2S. The standard InChI is InChI=1S/C17H15N7O2S/c1-27(25,26)24-14-4-2-3-12(9-14)15-21-16(19)23-17(22-15)20-13-7-5-11(10-18)6-8-13/h2-9,24H,1H3,(H3,19,20,21,22,23). The van der Waals surface area contributed by atoms with E-state index in [0.29, 0.717) is 22.5 Å². The number of nitrogens with zero attached hydrogens (tertiary/aromatic N) is 4. The van der Waals surface area contributed by atoms with Gasteiger partial charge in [0.1, 0.15) is 0 Å². The Kier molecular flexibility index (Phi) is 4.87. The maximum atomic E-state index is 11.4. The second-order valence-electron chi connectivity index (χ2n) is 5.61. The highest BCUT2D eigenvalue weighted by Gasteiger charge is 2.09. The average molecular weight is 381 g/mol. The van der Waals surface area contributed by atoms with Crippen LogP contribution in [0.3, 0.4) is 0 Å². The second-order valence-corrected chi connectivity index (χ2v) is 7.36. The van der Waals surface area contributed by atoms with Gasteiger partial charge in [-0.25, -0.2) is 8.42 Å². The molecule has 0 aliphatic rings. The van der Waals surface area contributed by atoms with Crippen LogP contribution in [0.1, 0.15) is 5.56 Å². The van der Waals surface area contributed by atoms with Gasteiger partial charge in [0, 0.05) is 16.9 Å². The van der Waals surface area contributed by atoms with Crippen LogP contribution in [0.4, 0.5) is 23.3 Å². The van der Waals surface area contributed by atoms with Gasteiger partial charge in [-0.2, -0.15) is 20.2 Å². The molecule has 0 spiro atoms. The van der Waals surface area contributed by atoms with Crippen LogP contribution in [0.15, 0.2) is 48.5 Å². The monoisotopic (exact) mass is 381 g/mol. The van der Waals surface area contributed by atoms with E-state index in [2.05, 4.69) is 25.0 Å². The van der Waals surface area contributed by atoms with E-state index in [1.807, 2.05) is 6.07 Å². The molecule has 0 aliphatic heterocycles. The molecule has 2 aromatic carbocycles. The number of nitriles is 1. The van der Waals surface area contributed by atoms with Crippen molar-refractivity contribution in [3.05, 3.63) is 54.1 Å². The third-order valence-electron chi connectivity index (χ3n) is 3.35. The maximum Gasteiger partial charge on any atom is 0.232 e. The van der Waals surface area contributed by atoms with Crippen LogP contribution in [0.2, 0.25) is 0 Å². The molecule has 0 bridgehead atoms. The van der Waals surface area contributed by atoms with Crippen LogP contribution in [0.25, 0.3) is 11.4 Å². The maximum absolute atomic E-state index is 11.4. The highest BCUT2D eigenvalue weighted by Crippen LogP contribution is 2.22. The summed E-state index contributed by atoms with van der Waals surface area (Å²) in [6.45, 7) is 0. The molecule has 0 saturated carbocycles. The zero-order valence-corrected chi connectivity index (χ0v) is 15.0. The van der Waals surface area contributed by atoms with Gasteiger partial charge in [-0.05, 0) is 36.4 Å². The van der Waals surface area contributed by atoms with E-state index in [1.54, 1.807) is 48.5 Å². The molecule has 0 fully saturated rings. The Morgan fingerprint density at radius 2 is 1.78 bits per heavy atom. The SMILES string of the molecule is CS(=O)(=O)Nc1cccc(-c2nc(N)nc(Nc3ccc(C#N)cc3)n2)c1. The van der Waals surface area contributed by atoms with Crippen molar-refractivity contribution in [3.8, 4) is 17.5 Å². The molecule has 9 nitrogen and oxygen atoms in total. The van der Waals surface area contributed by atoms with Crippen LogP contribution < -0.4 is 15.8 Å². The van der Waals surface area contributed by atoms with E-state index in [1.165, 1.54) is 0 Å². The zero-order chi connectivity index (χ0) is 19.4. The lowest BCUT2D eigenvalue weighted by molar-refractivity contribution is 0.607. The Labute approximate surface area is 156 Å². The number of rotatable bonds is 5. The molecule has 0 unspecified atom stereocenters. The fourth-order valence-corrected chi connectivity index (χ4v) is 2.83. The minimum Gasteiger partial charge on any atom is -0.368 e. The van der Waals surface area contributed by atoms with Crippen molar-refractivity contribution in [1.82, 2.24) is 15.0 Å². The predicted molar refractivity (Wildman–Crippen MR) is 103 cm³/mol. The molecule has 1 aromatic heterocycles. The summed E-state index contributed by atoms with van der Waals surface area (Å²) in [4.78, 5) is 12.5. The molecule has 3 rings (SSSR count). The van der Waals surface area contributed by atoms with Crippen molar-refractivity contribution in [3.63, 3.8) is 0 Å². The fourth-order valence-electron chi connectivity index (χ4n) is 2.27. The molecule has 27 heavy (non-hydrogen) atoms. The summed E-state index contributed by atoms with van der Waals surface area (Å²) < 4.78 is 25.2. The van der Waals surface area contributed by atoms with Crippen molar-refractivity contribution in [2.24, 2.45) is 0 Å². The van der Waals surface area contributed by atoms with E-state index in [-0.39, 0.29) is 17.7 Å². The lowest BCUT2D eigenvalue weighted by atomic mass is 10.2. The number of anilines is 4. The first-order valence-corrected chi connectivity index (χ1v) is 9.58. The lowest BCUT2D eigenvalue weighted by Gasteiger charge is -2.09. The summed E-state index contributed by atoms with van der Waals surface area (Å²) in [5.41, 5.74) is 7.95. The molecule has 3 aromatic rings. The van der Waals surface area contributed by atoms with Gasteiger partial charge in [-0.3, -0.25) is 4.72 Å². The third kappa shape index (κ3) is 4.90. The van der Waals surface area contributed by atoms with E-state index in [4.69, 9.17) is 11.0 Å². The lowest BCUT2D eigenvalue weighted by Crippen LogP contribution is -2.09. The van der Waals surface area contributed by atoms with Crippen LogP contribution in [0.5, 0.6) is 0 Å². The molecule has 136 valence electrons. The van der Waals surface area contributed by atoms with Crippen molar-refractivity contribution in [2.75, 3.05) is 22.0 Å². The van der Waals surface area contributed by atoms with Crippen molar-refractivity contribution in [2.45, 2.75) is 0 Å². The molecule has 4 N–H and O–H groups in total. The van der Waals surface area contributed by atoms with Gasteiger partial charge in [0.25, 0.3) is 0 Å². The van der Waals surface area contributed by atoms with Gasteiger partial charge < -0.3 is 11.1 Å². The average Bonchev–Trinajstić information content (AvgIpc) is 2.61. The number of nitrogens with two attached hydrogens (primary N) is 1. The molecule has 10 heteroatoms. The van der Waals surface area contributed by atoms with Gasteiger partial charge in [0.05, 0.1) is 17.9 Å². The van der Waals surface area contributed by atoms with Gasteiger partial charge in [-0.15, -0.1) is 0 Å². The molecule has 0 amide bonds. The zero-order valence-electron chi connectivity index (χ0n) is 14.2. The van der Waals surface area contributed by atoms with Gasteiger partial charge >= 0.3 is 0 Å². The van der Waals surface area contributed by atoms with Crippen LogP contribution in [0, 0.1) is 11.3 Å². The molecular weight excluding hydrogens is 366 g/mol. The van der Waals surface area contributed by atoms with Gasteiger partial charge in [0.2, 0.25) is 21.9 Å². The number of aromatic nitrogens is 3. The summed E-state index contributed by atoms with van der Waals surface area (Å²) in [5.74, 6) is 0.525. The number of hydrogen-bond acceptors (Lipinski definition) is 8. The Balaban J connectivity index is 1.91. The first kappa shape index (κ1) is 18.1. The van der Waals surface area contributed by atoms with Crippen LogP contribution >= 0.6 is 0 Å². The minimum atomic E-state index is -3.40. The predicted octanol–water partition coefficient (Wildman–Crippen LogP) is 2.11. The highest BCUT2D eigenvalue weighted by molar-refractivity contribution is 7.92. The quantitative estimate of drug-likeness (QED) is 0.609. The Morgan fingerprint density at radius 1 is 1.04 bits per heavy atom. The van der Waals surface area contributed by atoms with Crippen LogP contribution in [-0.4, -0.2) is 29.6 Å². The highest BCUT2D eigenvalue weighted by atomic mass is 32.2. The summed E-state index contributed by atoms with van der Waals surface area (Å²) in [7, 11) is -3.40. The van der Waals surface area contributed by atoms with Crippen molar-refractivity contribution < 1.29 is 8.42 Å². The summed E-state index contributed by atoms with van der Waals surface area (Å²) in [6, 6.07) is 15.4. The minimum absolute atomic E-state index is 0.0117. The first-order chi connectivity index (χ1) is 12.8. The van der Waals surface area contributed by atoms with E-state index < -0.39 is 10.0 Å². The van der Waals surface area contributed by atoms with Crippen molar-refractivity contribution in [1.29, 1.82) is 5.26 Å². The Bertz CT molecular complexity index is 1120. The summed E-state index contributed by atoms with van der Waals surface area (Å²) >= 11 is 0. The van der Waals surface area contributed by atoms with Crippen molar-refractivity contribution >= 4 is 33.3 Å². The number of hydrogen-bond donors (Lipinski definition) is 3. The van der Waals surface area contributed by atoms with E-state index in [0.717, 1.165) is 6.26 Å². The number of nitrogen functional groups attached to an aromatic ring is 1. The number of nitrogens with one attached hydrogen (secondary N) is 2. The van der Waals surface area contributed by atoms with E-state index in [9.17, 15) is 8.42 Å². The topological polar surface area (TPSA) is 147 Å². The largest absolute Gasteiger partial charge is 0.368 e.